The molecule has 2 rings (SSSR count). The molecule has 1 aliphatic rings. The fraction of sp³-hybridized carbons (Fsp3) is 0.222. The topological polar surface area (TPSA) is 35.5 Å². The molecule has 0 bridgehead atoms. The van der Waals surface area contributed by atoms with Gasteiger partial charge in [0.05, 0.1) is 0 Å². The number of carbonyl (C=O) groups excluding carboxylic acids is 1. The molecule has 3 nitrogen and oxygen atoms in total. The molecule has 68 valence electrons. The molecule has 0 N–H and O–H groups in total. The molecule has 2 heterocycles. The van der Waals surface area contributed by atoms with E-state index in [0.29, 0.717) is 0 Å². The van der Waals surface area contributed by atoms with Crippen molar-refractivity contribution in [2.24, 2.45) is 0 Å². The second kappa shape index (κ2) is 2.88. The highest BCUT2D eigenvalue weighted by molar-refractivity contribution is 7.08. The highest BCUT2D eigenvalue weighted by Gasteiger charge is 2.41. The van der Waals surface area contributed by atoms with Gasteiger partial charge in [-0.1, -0.05) is 6.58 Å². The van der Waals surface area contributed by atoms with E-state index in [-0.39, 0.29) is 6.61 Å². The molecule has 0 amide bonds. The quantitative estimate of drug-likeness (QED) is 0.537. The van der Waals surface area contributed by atoms with Gasteiger partial charge in [0, 0.05) is 5.56 Å². The van der Waals surface area contributed by atoms with Crippen molar-refractivity contribution in [3.63, 3.8) is 0 Å². The Hall–Kier alpha value is -1.29. The monoisotopic (exact) mass is 196 g/mol. The van der Waals surface area contributed by atoms with Crippen LogP contribution in [0.2, 0.25) is 0 Å². The second-order valence-electron chi connectivity index (χ2n) is 2.75. The minimum absolute atomic E-state index is 0.214. The van der Waals surface area contributed by atoms with Crippen molar-refractivity contribution < 1.29 is 14.3 Å². The van der Waals surface area contributed by atoms with Crippen molar-refractivity contribution in [2.45, 2.75) is 5.60 Å². The Balaban J connectivity index is 2.37. The lowest BCUT2D eigenvalue weighted by Crippen LogP contribution is -2.24. The van der Waals surface area contributed by atoms with Crippen LogP contribution < -0.4 is 0 Å². The van der Waals surface area contributed by atoms with Gasteiger partial charge < -0.3 is 9.47 Å². The predicted octanol–water partition coefficient (Wildman–Crippen LogP) is 2.30. The van der Waals surface area contributed by atoms with Gasteiger partial charge in [-0.2, -0.15) is 11.3 Å². The van der Waals surface area contributed by atoms with Gasteiger partial charge in [0.15, 0.2) is 5.60 Å². The Morgan fingerprint density at radius 1 is 1.69 bits per heavy atom. The van der Waals surface area contributed by atoms with Crippen LogP contribution >= 0.6 is 11.3 Å². The van der Waals surface area contributed by atoms with Crippen molar-refractivity contribution in [1.82, 2.24) is 0 Å². The third-order valence-corrected chi connectivity index (χ3v) is 2.69. The molecular formula is C9H8O3S. The average Bonchev–Trinajstić information content (AvgIpc) is 2.73. The van der Waals surface area contributed by atoms with E-state index < -0.39 is 11.8 Å². The summed E-state index contributed by atoms with van der Waals surface area (Å²) in [4.78, 5) is 10.8. The summed E-state index contributed by atoms with van der Waals surface area (Å²) >= 11 is 1.55. The smallest absolute Gasteiger partial charge is 0.429 e. The lowest BCUT2D eigenvalue weighted by molar-refractivity contribution is 0.0890. The number of carbonyl (C=O) groups is 1. The first-order valence-electron chi connectivity index (χ1n) is 3.79. The maximum Gasteiger partial charge on any atom is 0.509 e. The molecular weight excluding hydrogens is 188 g/mol. The number of hydrogen-bond donors (Lipinski definition) is 0. The first kappa shape index (κ1) is 8.31. The van der Waals surface area contributed by atoms with Crippen molar-refractivity contribution >= 4 is 17.5 Å². The fourth-order valence-corrected chi connectivity index (χ4v) is 1.97. The SMILES string of the molecule is C=C[C@]1(c2ccsc2)COC(=O)O1. The van der Waals surface area contributed by atoms with Gasteiger partial charge in [-0.05, 0) is 22.9 Å². The van der Waals surface area contributed by atoms with Crippen LogP contribution in [-0.2, 0) is 15.1 Å². The first-order valence-corrected chi connectivity index (χ1v) is 4.73. The van der Waals surface area contributed by atoms with Crippen molar-refractivity contribution in [3.05, 3.63) is 35.0 Å². The third kappa shape index (κ3) is 1.23. The van der Waals surface area contributed by atoms with Crippen LogP contribution in [0.3, 0.4) is 0 Å². The molecule has 0 spiro atoms. The van der Waals surface area contributed by atoms with Crippen molar-refractivity contribution in [2.75, 3.05) is 6.61 Å². The van der Waals surface area contributed by atoms with Gasteiger partial charge >= 0.3 is 6.16 Å². The third-order valence-electron chi connectivity index (χ3n) is 2.01. The largest absolute Gasteiger partial charge is 0.509 e. The maximum atomic E-state index is 10.8. The van der Waals surface area contributed by atoms with Crippen LogP contribution in [0.15, 0.2) is 29.5 Å². The minimum Gasteiger partial charge on any atom is -0.429 e. The van der Waals surface area contributed by atoms with E-state index in [1.807, 2.05) is 16.8 Å². The zero-order chi connectivity index (χ0) is 9.31. The van der Waals surface area contributed by atoms with E-state index >= 15 is 0 Å². The zero-order valence-corrected chi connectivity index (χ0v) is 7.67. The molecule has 1 aliphatic heterocycles. The van der Waals surface area contributed by atoms with E-state index in [2.05, 4.69) is 6.58 Å². The summed E-state index contributed by atoms with van der Waals surface area (Å²) < 4.78 is 9.83. The summed E-state index contributed by atoms with van der Waals surface area (Å²) in [5.74, 6) is 0. The predicted molar refractivity (Wildman–Crippen MR) is 48.6 cm³/mol. The molecule has 1 aromatic rings. The molecule has 13 heavy (non-hydrogen) atoms. The number of cyclic esters (lactones) is 2. The van der Waals surface area contributed by atoms with Gasteiger partial charge in [-0.3, -0.25) is 0 Å². The summed E-state index contributed by atoms with van der Waals surface area (Å²) in [7, 11) is 0. The molecule has 0 unspecified atom stereocenters. The first-order chi connectivity index (χ1) is 6.27. The number of thiophene rings is 1. The Labute approximate surface area is 79.6 Å². The van der Waals surface area contributed by atoms with Crippen LogP contribution in [0, 0.1) is 0 Å². The van der Waals surface area contributed by atoms with Crippen LogP contribution in [-0.4, -0.2) is 12.8 Å². The van der Waals surface area contributed by atoms with Crippen LogP contribution in [0.1, 0.15) is 5.56 Å². The molecule has 4 heteroatoms. The molecule has 0 aliphatic carbocycles. The van der Waals surface area contributed by atoms with Crippen molar-refractivity contribution in [1.29, 1.82) is 0 Å². The summed E-state index contributed by atoms with van der Waals surface area (Å²) in [5, 5.41) is 3.84. The molecule has 1 saturated heterocycles. The Bertz CT molecular complexity index is 331. The van der Waals surface area contributed by atoms with E-state index in [4.69, 9.17) is 9.47 Å². The normalized spacial score (nSPS) is 26.6. The summed E-state index contributed by atoms with van der Waals surface area (Å²) in [6.07, 6.45) is 0.964. The van der Waals surface area contributed by atoms with Crippen LogP contribution in [0.4, 0.5) is 4.79 Å². The van der Waals surface area contributed by atoms with E-state index in [0.717, 1.165) is 5.56 Å². The van der Waals surface area contributed by atoms with Gasteiger partial charge in [0.25, 0.3) is 0 Å². The Morgan fingerprint density at radius 2 is 2.54 bits per heavy atom. The van der Waals surface area contributed by atoms with E-state index in [1.54, 1.807) is 17.4 Å². The average molecular weight is 196 g/mol. The highest BCUT2D eigenvalue weighted by Crippen LogP contribution is 2.33. The standard InChI is InChI=1S/C9H8O3S/c1-2-9(6-11-8(10)12-9)7-3-4-13-5-7/h2-5H,1,6H2/t9-/m1/s1. The lowest BCUT2D eigenvalue weighted by atomic mass is 9.98. The number of ether oxygens (including phenoxy) is 2. The van der Waals surface area contributed by atoms with Crippen LogP contribution in [0.5, 0.6) is 0 Å². The Morgan fingerprint density at radius 3 is 3.00 bits per heavy atom. The maximum absolute atomic E-state index is 10.8. The van der Waals surface area contributed by atoms with Gasteiger partial charge in [0.2, 0.25) is 0 Å². The molecule has 0 saturated carbocycles. The second-order valence-corrected chi connectivity index (χ2v) is 3.53. The van der Waals surface area contributed by atoms with Gasteiger partial charge in [-0.25, -0.2) is 4.79 Å². The zero-order valence-electron chi connectivity index (χ0n) is 6.86. The summed E-state index contributed by atoms with van der Waals surface area (Å²) in [5.41, 5.74) is 0.148. The molecule has 0 radical (unpaired) electrons. The van der Waals surface area contributed by atoms with Crippen LogP contribution in [0.25, 0.3) is 0 Å². The van der Waals surface area contributed by atoms with Gasteiger partial charge in [-0.15, -0.1) is 0 Å². The van der Waals surface area contributed by atoms with Gasteiger partial charge in [0.1, 0.15) is 6.61 Å². The summed E-state index contributed by atoms with van der Waals surface area (Å²) in [6.45, 7) is 3.87. The fourth-order valence-electron chi connectivity index (χ4n) is 1.24. The van der Waals surface area contributed by atoms with E-state index in [1.165, 1.54) is 0 Å². The molecule has 1 aromatic heterocycles. The van der Waals surface area contributed by atoms with Crippen molar-refractivity contribution in [3.8, 4) is 0 Å². The lowest BCUT2D eigenvalue weighted by Gasteiger charge is -2.18. The molecule has 1 fully saturated rings. The summed E-state index contributed by atoms with van der Waals surface area (Å²) in [6, 6.07) is 1.90. The number of hydrogen-bond acceptors (Lipinski definition) is 4. The highest BCUT2D eigenvalue weighted by atomic mass is 32.1. The number of rotatable bonds is 2. The molecule has 1 atom stereocenters. The Kier molecular flexibility index (Phi) is 1.84. The minimum atomic E-state index is -0.767. The van der Waals surface area contributed by atoms with E-state index in [9.17, 15) is 4.79 Å². The molecule has 0 aromatic carbocycles.